The van der Waals surface area contributed by atoms with E-state index >= 15 is 0 Å². The van der Waals surface area contributed by atoms with Gasteiger partial charge >= 0.3 is 11.9 Å². The lowest BCUT2D eigenvalue weighted by atomic mass is 9.93. The Kier molecular flexibility index (Phi) is 12.7. The Morgan fingerprint density at radius 1 is 0.731 bits per heavy atom. The van der Waals surface area contributed by atoms with Crippen molar-refractivity contribution in [3.05, 3.63) is 112 Å². The van der Waals surface area contributed by atoms with E-state index in [1.165, 1.54) is 5.56 Å². The van der Waals surface area contributed by atoms with Crippen molar-refractivity contribution >= 4 is 35.2 Å². The molecule has 1 unspecified atom stereocenters. The fourth-order valence-corrected chi connectivity index (χ4v) is 6.82. The van der Waals surface area contributed by atoms with Crippen molar-refractivity contribution in [1.29, 1.82) is 0 Å². The van der Waals surface area contributed by atoms with Crippen molar-refractivity contribution in [3.63, 3.8) is 0 Å². The number of hydrogen-bond acceptors (Lipinski definition) is 6. The fourth-order valence-electron chi connectivity index (χ4n) is 6.82. The molecular formula is C43H46N2O7. The van der Waals surface area contributed by atoms with Crippen LogP contribution in [0.4, 0.5) is 5.69 Å². The van der Waals surface area contributed by atoms with Gasteiger partial charge in [0.05, 0.1) is 5.56 Å². The maximum absolute atomic E-state index is 13.0. The second-order valence-electron chi connectivity index (χ2n) is 13.1. The van der Waals surface area contributed by atoms with Crippen LogP contribution >= 0.6 is 0 Å². The van der Waals surface area contributed by atoms with Crippen molar-refractivity contribution in [2.45, 2.75) is 78.1 Å². The van der Waals surface area contributed by atoms with Crippen LogP contribution in [-0.4, -0.2) is 47.8 Å². The van der Waals surface area contributed by atoms with E-state index in [1.54, 1.807) is 13.0 Å². The van der Waals surface area contributed by atoms with E-state index in [2.05, 4.69) is 23.6 Å². The van der Waals surface area contributed by atoms with Crippen LogP contribution in [0.5, 0.6) is 0 Å². The summed E-state index contributed by atoms with van der Waals surface area (Å²) in [6, 6.07) is 24.8. The molecule has 0 bridgehead atoms. The third kappa shape index (κ3) is 8.65. The topological polar surface area (TPSA) is 139 Å². The molecule has 0 radical (unpaired) electrons. The van der Waals surface area contributed by atoms with Gasteiger partial charge in [-0.25, -0.2) is 4.79 Å². The summed E-state index contributed by atoms with van der Waals surface area (Å²) < 4.78 is 5.52. The number of rotatable bonds is 14. The zero-order chi connectivity index (χ0) is 37.2. The van der Waals surface area contributed by atoms with Crippen LogP contribution in [0.2, 0.25) is 0 Å². The van der Waals surface area contributed by atoms with E-state index in [9.17, 15) is 29.1 Å². The van der Waals surface area contributed by atoms with Crippen LogP contribution in [0.1, 0.15) is 115 Å². The smallest absolute Gasteiger partial charge is 0.336 e. The Morgan fingerprint density at radius 3 is 2.21 bits per heavy atom. The number of carboxylic acids is 1. The number of esters is 1. The van der Waals surface area contributed by atoms with Gasteiger partial charge in [0.1, 0.15) is 6.61 Å². The number of unbranched alkanes of at least 4 members (excludes halogenated alkanes) is 1. The molecule has 6 rings (SSSR count). The van der Waals surface area contributed by atoms with Crippen molar-refractivity contribution in [1.82, 2.24) is 5.32 Å². The summed E-state index contributed by atoms with van der Waals surface area (Å²) in [5.74, 6) is -1.67. The van der Waals surface area contributed by atoms with E-state index in [4.69, 9.17) is 4.74 Å². The summed E-state index contributed by atoms with van der Waals surface area (Å²) in [5.41, 5.74) is 9.63. The summed E-state index contributed by atoms with van der Waals surface area (Å²) in [5, 5.41) is 14.8. The summed E-state index contributed by atoms with van der Waals surface area (Å²) >= 11 is 0. The number of ether oxygens (including phenoxy) is 1. The Labute approximate surface area is 304 Å². The Balaban J connectivity index is 0.000000268. The molecule has 2 aliphatic carbocycles. The minimum absolute atomic E-state index is 0.0838. The quantitative estimate of drug-likeness (QED) is 0.0781. The number of Topliss-reactive ketones (excluding diaryl/α,β-unsaturated/α-hetero) is 1. The Bertz CT molecular complexity index is 1980. The summed E-state index contributed by atoms with van der Waals surface area (Å²) in [6.07, 6.45) is 4.43. The van der Waals surface area contributed by atoms with Gasteiger partial charge in [-0.1, -0.05) is 87.9 Å². The average Bonchev–Trinajstić information content (AvgIpc) is 3.69. The summed E-state index contributed by atoms with van der Waals surface area (Å²) in [6.45, 7) is 6.54. The van der Waals surface area contributed by atoms with E-state index in [0.717, 1.165) is 64.6 Å². The standard InChI is InChI=1S/C29H36N2O5.C14H10O2/c1-4-7-11-25(32)22-10-8-9-20-24(18-36-28(35)6-3)23-17-19(12-13-21(23)29(20)22)31-27(34)15-14-26(33)30-16-5-2;15-14(16)12-7-3-5-10-8-9-4-1-2-6-11(9)13(10)12/h8-10,12-13,17,24H,4-7,11,14-16,18H2,1-3H3,(H,30,33)(H,31,34);1-7H,8H2,(H,15,16). The number of carbonyl (C=O) groups excluding carboxylic acids is 4. The third-order valence-corrected chi connectivity index (χ3v) is 9.41. The van der Waals surface area contributed by atoms with Gasteiger partial charge in [0, 0.05) is 49.4 Å². The Hall–Kier alpha value is -5.57. The highest BCUT2D eigenvalue weighted by atomic mass is 16.5. The number of hydrogen-bond donors (Lipinski definition) is 3. The lowest BCUT2D eigenvalue weighted by Gasteiger charge is -2.15. The van der Waals surface area contributed by atoms with Gasteiger partial charge in [-0.3, -0.25) is 19.2 Å². The molecule has 4 aromatic carbocycles. The minimum Gasteiger partial charge on any atom is -0.478 e. The molecule has 3 N–H and O–H groups in total. The predicted octanol–water partition coefficient (Wildman–Crippen LogP) is 8.33. The number of amides is 2. The van der Waals surface area contributed by atoms with Crippen LogP contribution in [-0.2, 0) is 25.5 Å². The minimum atomic E-state index is -0.853. The molecule has 0 saturated carbocycles. The summed E-state index contributed by atoms with van der Waals surface area (Å²) in [4.78, 5) is 60.4. The number of benzene rings is 4. The van der Waals surface area contributed by atoms with Crippen LogP contribution in [0.3, 0.4) is 0 Å². The maximum atomic E-state index is 13.0. The zero-order valence-electron chi connectivity index (χ0n) is 30.1. The number of aromatic carboxylic acids is 1. The van der Waals surface area contributed by atoms with Crippen LogP contribution in [0, 0.1) is 0 Å². The van der Waals surface area contributed by atoms with Crippen molar-refractivity contribution < 1.29 is 33.8 Å². The predicted molar refractivity (Wildman–Crippen MR) is 202 cm³/mol. The Morgan fingerprint density at radius 2 is 1.46 bits per heavy atom. The van der Waals surface area contributed by atoms with Gasteiger partial charge in [-0.05, 0) is 82.0 Å². The molecule has 0 fully saturated rings. The highest BCUT2D eigenvalue weighted by Gasteiger charge is 2.33. The lowest BCUT2D eigenvalue weighted by Crippen LogP contribution is -2.25. The van der Waals surface area contributed by atoms with Gasteiger partial charge < -0.3 is 20.5 Å². The highest BCUT2D eigenvalue weighted by Crippen LogP contribution is 2.48. The maximum Gasteiger partial charge on any atom is 0.336 e. The third-order valence-electron chi connectivity index (χ3n) is 9.41. The fraction of sp³-hybridized carbons (Fsp3) is 0.326. The van der Waals surface area contributed by atoms with Gasteiger partial charge in [0.2, 0.25) is 11.8 Å². The second kappa shape index (κ2) is 17.6. The largest absolute Gasteiger partial charge is 0.478 e. The van der Waals surface area contributed by atoms with Gasteiger partial charge in [0.15, 0.2) is 5.78 Å². The number of anilines is 1. The first-order valence-electron chi connectivity index (χ1n) is 18.1. The monoisotopic (exact) mass is 702 g/mol. The van der Waals surface area contributed by atoms with Crippen molar-refractivity contribution in [3.8, 4) is 22.3 Å². The highest BCUT2D eigenvalue weighted by molar-refractivity contribution is 6.05. The average molecular weight is 703 g/mol. The lowest BCUT2D eigenvalue weighted by molar-refractivity contribution is -0.143. The van der Waals surface area contributed by atoms with Gasteiger partial charge in [-0.2, -0.15) is 0 Å². The molecule has 0 heterocycles. The van der Waals surface area contributed by atoms with Gasteiger partial charge in [0.25, 0.3) is 0 Å². The molecule has 1 atom stereocenters. The summed E-state index contributed by atoms with van der Waals surface area (Å²) in [7, 11) is 0. The first-order chi connectivity index (χ1) is 25.2. The molecule has 4 aromatic rings. The molecule has 0 saturated heterocycles. The van der Waals surface area contributed by atoms with Crippen molar-refractivity contribution in [2.75, 3.05) is 18.5 Å². The molecule has 0 spiro atoms. The first-order valence-corrected chi connectivity index (χ1v) is 18.1. The molecule has 0 aromatic heterocycles. The normalized spacial score (nSPS) is 13.0. The second-order valence-corrected chi connectivity index (χ2v) is 13.1. The molecule has 0 aliphatic heterocycles. The molecule has 270 valence electrons. The molecule has 9 nitrogen and oxygen atoms in total. The van der Waals surface area contributed by atoms with Crippen LogP contribution < -0.4 is 10.6 Å². The zero-order valence-corrected chi connectivity index (χ0v) is 30.1. The molecule has 2 aliphatic rings. The SMILES string of the molecule is CCCCC(=O)c1cccc2c1-c1ccc(NC(=O)CCC(=O)NCCC)cc1C2COC(=O)CC.O=C(O)c1cccc2c1-c1ccccc1C2. The van der Waals surface area contributed by atoms with Crippen LogP contribution in [0.25, 0.3) is 22.3 Å². The van der Waals surface area contributed by atoms with E-state index in [-0.39, 0.29) is 55.4 Å². The van der Waals surface area contributed by atoms with E-state index < -0.39 is 5.97 Å². The number of fused-ring (bicyclic) bond motifs is 6. The van der Waals surface area contributed by atoms with Crippen LogP contribution in [0.15, 0.2) is 78.9 Å². The number of ketones is 1. The molecular weight excluding hydrogens is 656 g/mol. The number of nitrogens with one attached hydrogen (secondary N) is 2. The van der Waals surface area contributed by atoms with E-state index in [0.29, 0.717) is 29.8 Å². The number of carboxylic acid groups (broad SMARTS) is 1. The molecule has 52 heavy (non-hydrogen) atoms. The number of carbonyl (C=O) groups is 5. The van der Waals surface area contributed by atoms with E-state index in [1.807, 2.05) is 73.7 Å². The van der Waals surface area contributed by atoms with Crippen molar-refractivity contribution in [2.24, 2.45) is 0 Å². The molecule has 9 heteroatoms. The van der Waals surface area contributed by atoms with Gasteiger partial charge in [-0.15, -0.1) is 0 Å². The molecule has 2 amide bonds. The first kappa shape index (κ1) is 37.7.